The van der Waals surface area contributed by atoms with Gasteiger partial charge in [0.2, 0.25) is 11.8 Å². The number of carbonyl (C=O) groups excluding carboxylic acids is 2. The molecule has 0 saturated carbocycles. The second kappa shape index (κ2) is 7.26. The SMILES string of the molecule is CC(C)CN1CC(C(=O)NCCc2nc(N)cc(=O)[nH]2)CC1=O. The van der Waals surface area contributed by atoms with E-state index in [9.17, 15) is 14.4 Å². The Bertz CT molecular complexity index is 640. The maximum absolute atomic E-state index is 12.1. The van der Waals surface area contributed by atoms with Gasteiger partial charge in [-0.05, 0) is 5.92 Å². The van der Waals surface area contributed by atoms with E-state index in [1.54, 1.807) is 4.90 Å². The van der Waals surface area contributed by atoms with Gasteiger partial charge in [-0.3, -0.25) is 14.4 Å². The topological polar surface area (TPSA) is 121 Å². The van der Waals surface area contributed by atoms with Crippen molar-refractivity contribution in [2.75, 3.05) is 25.4 Å². The predicted octanol–water partition coefficient (Wildman–Crippen LogP) is -0.485. The number of likely N-dealkylation sites (tertiary alicyclic amines) is 1. The van der Waals surface area contributed by atoms with E-state index in [4.69, 9.17) is 5.73 Å². The molecule has 1 unspecified atom stereocenters. The van der Waals surface area contributed by atoms with Crippen LogP contribution in [0.15, 0.2) is 10.9 Å². The van der Waals surface area contributed by atoms with Crippen LogP contribution in [0.2, 0.25) is 0 Å². The third-order valence-electron chi connectivity index (χ3n) is 3.64. The van der Waals surface area contributed by atoms with Crippen molar-refractivity contribution in [1.82, 2.24) is 20.2 Å². The summed E-state index contributed by atoms with van der Waals surface area (Å²) in [5.41, 5.74) is 5.18. The molecule has 0 spiro atoms. The number of hydrogen-bond acceptors (Lipinski definition) is 5. The number of aromatic amines is 1. The lowest BCUT2D eigenvalue weighted by molar-refractivity contribution is -0.129. The van der Waals surface area contributed by atoms with Gasteiger partial charge in [0.1, 0.15) is 11.6 Å². The van der Waals surface area contributed by atoms with Gasteiger partial charge >= 0.3 is 0 Å². The maximum atomic E-state index is 12.1. The van der Waals surface area contributed by atoms with Crippen LogP contribution in [-0.4, -0.2) is 46.3 Å². The number of nitrogens with one attached hydrogen (secondary N) is 2. The van der Waals surface area contributed by atoms with Gasteiger partial charge in [-0.2, -0.15) is 0 Å². The van der Waals surface area contributed by atoms with E-state index in [2.05, 4.69) is 15.3 Å². The zero-order chi connectivity index (χ0) is 17.0. The van der Waals surface area contributed by atoms with E-state index in [-0.39, 0.29) is 35.5 Å². The molecule has 0 aliphatic carbocycles. The number of amides is 2. The second-order valence-corrected chi connectivity index (χ2v) is 6.25. The minimum absolute atomic E-state index is 0.0284. The van der Waals surface area contributed by atoms with Crippen LogP contribution in [0.4, 0.5) is 5.82 Å². The fourth-order valence-corrected chi connectivity index (χ4v) is 2.66. The van der Waals surface area contributed by atoms with Crippen LogP contribution in [0, 0.1) is 11.8 Å². The molecule has 2 heterocycles. The molecule has 23 heavy (non-hydrogen) atoms. The monoisotopic (exact) mass is 321 g/mol. The zero-order valence-corrected chi connectivity index (χ0v) is 13.5. The molecule has 1 aliphatic rings. The molecule has 8 heteroatoms. The first kappa shape index (κ1) is 17.0. The lowest BCUT2D eigenvalue weighted by atomic mass is 10.1. The fraction of sp³-hybridized carbons (Fsp3) is 0.600. The van der Waals surface area contributed by atoms with Gasteiger partial charge < -0.3 is 20.9 Å². The van der Waals surface area contributed by atoms with Crippen molar-refractivity contribution < 1.29 is 9.59 Å². The smallest absolute Gasteiger partial charge is 0.252 e. The summed E-state index contributed by atoms with van der Waals surface area (Å²) < 4.78 is 0. The van der Waals surface area contributed by atoms with Gasteiger partial charge in [-0.15, -0.1) is 0 Å². The molecule has 1 atom stereocenters. The Labute approximate surface area is 134 Å². The molecular formula is C15H23N5O3. The number of carbonyl (C=O) groups is 2. The number of anilines is 1. The molecule has 0 bridgehead atoms. The quantitative estimate of drug-likeness (QED) is 0.653. The highest BCUT2D eigenvalue weighted by Crippen LogP contribution is 2.19. The lowest BCUT2D eigenvalue weighted by Gasteiger charge is -2.18. The average Bonchev–Trinajstić information content (AvgIpc) is 2.78. The lowest BCUT2D eigenvalue weighted by Crippen LogP contribution is -2.35. The number of nitrogen functional groups attached to an aromatic ring is 1. The molecule has 4 N–H and O–H groups in total. The first-order chi connectivity index (χ1) is 10.8. The molecule has 1 aromatic heterocycles. The number of H-pyrrole nitrogens is 1. The van der Waals surface area contributed by atoms with Crippen molar-refractivity contribution in [2.24, 2.45) is 11.8 Å². The molecule has 126 valence electrons. The van der Waals surface area contributed by atoms with Crippen LogP contribution in [-0.2, 0) is 16.0 Å². The van der Waals surface area contributed by atoms with E-state index in [1.807, 2.05) is 13.8 Å². The normalized spacial score (nSPS) is 17.8. The second-order valence-electron chi connectivity index (χ2n) is 6.25. The van der Waals surface area contributed by atoms with Crippen molar-refractivity contribution in [2.45, 2.75) is 26.7 Å². The van der Waals surface area contributed by atoms with E-state index in [0.717, 1.165) is 0 Å². The summed E-state index contributed by atoms with van der Waals surface area (Å²) >= 11 is 0. The third-order valence-corrected chi connectivity index (χ3v) is 3.64. The van der Waals surface area contributed by atoms with Crippen LogP contribution < -0.4 is 16.6 Å². The van der Waals surface area contributed by atoms with Crippen LogP contribution in [0.3, 0.4) is 0 Å². The van der Waals surface area contributed by atoms with Gasteiger partial charge in [0.15, 0.2) is 0 Å². The summed E-state index contributed by atoms with van der Waals surface area (Å²) in [4.78, 5) is 43.6. The molecule has 1 aliphatic heterocycles. The largest absolute Gasteiger partial charge is 0.383 e. The molecule has 0 radical (unpaired) electrons. The fourth-order valence-electron chi connectivity index (χ4n) is 2.66. The first-order valence-corrected chi connectivity index (χ1v) is 7.76. The summed E-state index contributed by atoms with van der Waals surface area (Å²) in [6.07, 6.45) is 0.633. The number of nitrogens with two attached hydrogens (primary N) is 1. The predicted molar refractivity (Wildman–Crippen MR) is 85.5 cm³/mol. The Balaban J connectivity index is 1.81. The molecule has 1 saturated heterocycles. The van der Waals surface area contributed by atoms with Gasteiger partial charge in [-0.25, -0.2) is 4.98 Å². The summed E-state index contributed by atoms with van der Waals surface area (Å²) in [6.45, 7) is 5.56. The molecule has 1 fully saturated rings. The first-order valence-electron chi connectivity index (χ1n) is 7.76. The summed E-state index contributed by atoms with van der Waals surface area (Å²) in [6, 6.07) is 1.20. The Hall–Kier alpha value is -2.38. The zero-order valence-electron chi connectivity index (χ0n) is 13.5. The van der Waals surface area contributed by atoms with E-state index >= 15 is 0 Å². The standard InChI is InChI=1S/C15H23N5O3/c1-9(2)7-20-8-10(5-14(20)22)15(23)17-4-3-12-18-11(16)6-13(21)19-12/h6,9-10H,3-5,7-8H2,1-2H3,(H,17,23)(H3,16,18,19,21). The summed E-state index contributed by atoms with van der Waals surface area (Å²) in [5.74, 6) is 0.540. The molecule has 1 aromatic rings. The van der Waals surface area contributed by atoms with E-state index in [1.165, 1.54) is 6.07 Å². The molecule has 2 amide bonds. The molecule has 0 aromatic carbocycles. The Morgan fingerprint density at radius 3 is 2.91 bits per heavy atom. The van der Waals surface area contributed by atoms with E-state index < -0.39 is 0 Å². The van der Waals surface area contributed by atoms with Gasteiger partial charge in [0.25, 0.3) is 5.56 Å². The summed E-state index contributed by atoms with van der Waals surface area (Å²) in [5, 5.41) is 2.79. The van der Waals surface area contributed by atoms with Crippen LogP contribution in [0.1, 0.15) is 26.1 Å². The third kappa shape index (κ3) is 4.80. The van der Waals surface area contributed by atoms with Crippen LogP contribution in [0.25, 0.3) is 0 Å². The Morgan fingerprint density at radius 1 is 1.52 bits per heavy atom. The van der Waals surface area contributed by atoms with Gasteiger partial charge in [0, 0.05) is 38.5 Å². The summed E-state index contributed by atoms with van der Waals surface area (Å²) in [7, 11) is 0. The highest BCUT2D eigenvalue weighted by Gasteiger charge is 2.34. The van der Waals surface area contributed by atoms with Crippen LogP contribution >= 0.6 is 0 Å². The highest BCUT2D eigenvalue weighted by atomic mass is 16.2. The minimum atomic E-state index is -0.315. The number of nitrogens with zero attached hydrogens (tertiary/aromatic N) is 2. The van der Waals surface area contributed by atoms with Gasteiger partial charge in [-0.1, -0.05) is 13.8 Å². The molecule has 8 nitrogen and oxygen atoms in total. The maximum Gasteiger partial charge on any atom is 0.252 e. The van der Waals surface area contributed by atoms with Crippen molar-refractivity contribution in [3.8, 4) is 0 Å². The van der Waals surface area contributed by atoms with Crippen molar-refractivity contribution in [3.63, 3.8) is 0 Å². The Kier molecular flexibility index (Phi) is 5.36. The molecular weight excluding hydrogens is 298 g/mol. The highest BCUT2D eigenvalue weighted by molar-refractivity contribution is 5.89. The number of hydrogen-bond donors (Lipinski definition) is 3. The van der Waals surface area contributed by atoms with E-state index in [0.29, 0.717) is 37.8 Å². The van der Waals surface area contributed by atoms with Crippen molar-refractivity contribution in [1.29, 1.82) is 0 Å². The average molecular weight is 321 g/mol. The Morgan fingerprint density at radius 2 is 2.26 bits per heavy atom. The van der Waals surface area contributed by atoms with Gasteiger partial charge in [0.05, 0.1) is 5.92 Å². The van der Waals surface area contributed by atoms with Crippen LogP contribution in [0.5, 0.6) is 0 Å². The number of rotatable bonds is 6. The minimum Gasteiger partial charge on any atom is -0.383 e. The van der Waals surface area contributed by atoms with Crippen molar-refractivity contribution in [3.05, 3.63) is 22.2 Å². The van der Waals surface area contributed by atoms with Crippen molar-refractivity contribution >= 4 is 17.6 Å². The number of aromatic nitrogens is 2. The molecule has 2 rings (SSSR count).